The van der Waals surface area contributed by atoms with Gasteiger partial charge in [0.1, 0.15) is 0 Å². The van der Waals surface area contributed by atoms with Gasteiger partial charge in [0.25, 0.3) is 0 Å². The molecule has 10 rings (SSSR count). The molecule has 0 saturated heterocycles. The lowest BCUT2D eigenvalue weighted by atomic mass is 9.90. The monoisotopic (exact) mass is 647 g/mol. The molecule has 10 aromatic rings. The highest BCUT2D eigenvalue weighted by Gasteiger charge is 2.20. The fraction of sp³-hybridized carbons (Fsp3) is 0. The zero-order valence-electron chi connectivity index (χ0n) is 28.0. The van der Waals surface area contributed by atoms with Crippen molar-refractivity contribution in [3.05, 3.63) is 200 Å². The van der Waals surface area contributed by atoms with Crippen LogP contribution in [0.3, 0.4) is 0 Å². The van der Waals surface area contributed by atoms with E-state index in [9.17, 15) is 0 Å². The first-order chi connectivity index (χ1) is 25.3. The number of fused-ring (bicyclic) bond motifs is 5. The summed E-state index contributed by atoms with van der Waals surface area (Å²) in [5.74, 6) is 0. The van der Waals surface area contributed by atoms with E-state index < -0.39 is 0 Å². The topological polar surface area (TPSA) is 4.93 Å². The quantitative estimate of drug-likeness (QED) is 0.175. The molecule has 0 aliphatic heterocycles. The van der Waals surface area contributed by atoms with Crippen molar-refractivity contribution in [3.8, 4) is 50.2 Å². The number of nitrogens with zero attached hydrogens (tertiary/aromatic N) is 1. The summed E-state index contributed by atoms with van der Waals surface area (Å²) in [5, 5.41) is 7.53. The third kappa shape index (κ3) is 5.02. The van der Waals surface area contributed by atoms with E-state index in [0.717, 1.165) is 5.69 Å². The van der Waals surface area contributed by atoms with E-state index in [1.165, 1.54) is 87.9 Å². The van der Waals surface area contributed by atoms with Gasteiger partial charge in [-0.15, -0.1) is 0 Å². The van der Waals surface area contributed by atoms with Gasteiger partial charge in [-0.1, -0.05) is 170 Å². The summed E-state index contributed by atoms with van der Waals surface area (Å²) in [6.07, 6.45) is 0. The molecular formula is C50H33N. The Hall–Kier alpha value is -6.70. The summed E-state index contributed by atoms with van der Waals surface area (Å²) in [7, 11) is 0. The number of rotatable bonds is 5. The SMILES string of the molecule is c1ccc(-n2c3ccccc3c3ccc(-c4ccc(-c5ccc6ccccc6c5)cc4)c(-c4ccc(-c5ccc6ccccc6c5)cc4)c32)cc1. The first kappa shape index (κ1) is 29.2. The Kier molecular flexibility index (Phi) is 6.89. The maximum Gasteiger partial charge on any atom is 0.0625 e. The molecule has 0 bridgehead atoms. The van der Waals surface area contributed by atoms with E-state index in [1.54, 1.807) is 0 Å². The van der Waals surface area contributed by atoms with Crippen molar-refractivity contribution >= 4 is 43.4 Å². The smallest absolute Gasteiger partial charge is 0.0625 e. The van der Waals surface area contributed by atoms with E-state index in [-0.39, 0.29) is 0 Å². The van der Waals surface area contributed by atoms with Gasteiger partial charge in [-0.25, -0.2) is 0 Å². The van der Waals surface area contributed by atoms with E-state index in [1.807, 2.05) is 0 Å². The highest BCUT2D eigenvalue weighted by molar-refractivity contribution is 6.16. The summed E-state index contributed by atoms with van der Waals surface area (Å²) in [4.78, 5) is 0. The Morgan fingerprint density at radius 2 is 0.784 bits per heavy atom. The molecule has 0 fully saturated rings. The summed E-state index contributed by atoms with van der Waals surface area (Å²) in [6.45, 7) is 0. The zero-order chi connectivity index (χ0) is 33.7. The van der Waals surface area contributed by atoms with Crippen LogP contribution in [0.1, 0.15) is 0 Å². The summed E-state index contributed by atoms with van der Waals surface area (Å²) in [6, 6.07) is 73.1. The molecule has 0 radical (unpaired) electrons. The van der Waals surface area contributed by atoms with Crippen LogP contribution < -0.4 is 0 Å². The van der Waals surface area contributed by atoms with Gasteiger partial charge in [0.15, 0.2) is 0 Å². The molecule has 0 spiro atoms. The van der Waals surface area contributed by atoms with Crippen molar-refractivity contribution in [1.82, 2.24) is 4.57 Å². The molecule has 1 heterocycles. The van der Waals surface area contributed by atoms with Crippen LogP contribution in [-0.4, -0.2) is 4.57 Å². The summed E-state index contributed by atoms with van der Waals surface area (Å²) < 4.78 is 2.45. The molecule has 0 amide bonds. The minimum absolute atomic E-state index is 1.15. The Bertz CT molecular complexity index is 2880. The molecule has 0 unspecified atom stereocenters. The van der Waals surface area contributed by atoms with Gasteiger partial charge < -0.3 is 4.57 Å². The van der Waals surface area contributed by atoms with Crippen molar-refractivity contribution in [1.29, 1.82) is 0 Å². The molecule has 0 atom stereocenters. The normalized spacial score (nSPS) is 11.5. The van der Waals surface area contributed by atoms with Gasteiger partial charge in [0.05, 0.1) is 11.0 Å². The fourth-order valence-electron chi connectivity index (χ4n) is 7.84. The van der Waals surface area contributed by atoms with Gasteiger partial charge in [0, 0.05) is 22.0 Å². The molecule has 0 N–H and O–H groups in total. The Morgan fingerprint density at radius 1 is 0.294 bits per heavy atom. The van der Waals surface area contributed by atoms with E-state index >= 15 is 0 Å². The van der Waals surface area contributed by atoms with E-state index in [0.29, 0.717) is 0 Å². The lowest BCUT2D eigenvalue weighted by molar-refractivity contribution is 1.18. The zero-order valence-corrected chi connectivity index (χ0v) is 28.0. The van der Waals surface area contributed by atoms with Crippen LogP contribution in [-0.2, 0) is 0 Å². The Balaban J connectivity index is 1.18. The predicted octanol–water partition coefficient (Wildman–Crippen LogP) is 13.8. The molecule has 0 saturated carbocycles. The molecule has 1 nitrogen and oxygen atoms in total. The molecule has 9 aromatic carbocycles. The number of hydrogen-bond donors (Lipinski definition) is 0. The highest BCUT2D eigenvalue weighted by Crippen LogP contribution is 2.44. The maximum atomic E-state index is 2.45. The third-order valence-electron chi connectivity index (χ3n) is 10.4. The number of benzene rings is 9. The lowest BCUT2D eigenvalue weighted by Crippen LogP contribution is -1.97. The van der Waals surface area contributed by atoms with Crippen LogP contribution >= 0.6 is 0 Å². The van der Waals surface area contributed by atoms with Crippen LogP contribution in [0.2, 0.25) is 0 Å². The van der Waals surface area contributed by atoms with Gasteiger partial charge >= 0.3 is 0 Å². The predicted molar refractivity (Wildman–Crippen MR) is 218 cm³/mol. The second kappa shape index (κ2) is 12.0. The van der Waals surface area contributed by atoms with Crippen LogP contribution in [0.4, 0.5) is 0 Å². The van der Waals surface area contributed by atoms with Crippen molar-refractivity contribution < 1.29 is 0 Å². The number of para-hydroxylation sites is 2. The van der Waals surface area contributed by atoms with Crippen molar-refractivity contribution in [2.45, 2.75) is 0 Å². The van der Waals surface area contributed by atoms with Crippen molar-refractivity contribution in [3.63, 3.8) is 0 Å². The van der Waals surface area contributed by atoms with Crippen LogP contribution in [0.15, 0.2) is 200 Å². The largest absolute Gasteiger partial charge is 0.309 e. The summed E-state index contributed by atoms with van der Waals surface area (Å²) >= 11 is 0. The number of hydrogen-bond acceptors (Lipinski definition) is 0. The Morgan fingerprint density at radius 3 is 1.41 bits per heavy atom. The minimum atomic E-state index is 1.15. The van der Waals surface area contributed by atoms with Gasteiger partial charge in [-0.05, 0) is 90.8 Å². The Labute approximate surface area is 297 Å². The molecule has 0 aliphatic carbocycles. The van der Waals surface area contributed by atoms with Crippen LogP contribution in [0.25, 0.3) is 93.5 Å². The molecular weight excluding hydrogens is 615 g/mol. The molecule has 1 heteroatoms. The standard InChI is InChI=1S/C50H33N/c1-2-14-44(15-3-1)51-48-17-9-8-16-46(48)47-31-30-45(38-24-18-36(19-25-38)42-28-22-34-10-4-6-12-40(34)32-42)49(50(47)51)39-26-20-37(21-27-39)43-29-23-35-11-5-7-13-41(35)33-43/h1-33H. The molecule has 1 aromatic heterocycles. The van der Waals surface area contributed by atoms with Gasteiger partial charge in [0.2, 0.25) is 0 Å². The van der Waals surface area contributed by atoms with E-state index in [2.05, 4.69) is 205 Å². The second-order valence-electron chi connectivity index (χ2n) is 13.4. The molecule has 238 valence electrons. The van der Waals surface area contributed by atoms with Crippen molar-refractivity contribution in [2.75, 3.05) is 0 Å². The first-order valence-electron chi connectivity index (χ1n) is 17.6. The van der Waals surface area contributed by atoms with Gasteiger partial charge in [-0.2, -0.15) is 0 Å². The van der Waals surface area contributed by atoms with Gasteiger partial charge in [-0.3, -0.25) is 0 Å². The number of aromatic nitrogens is 1. The maximum absolute atomic E-state index is 2.45. The lowest BCUT2D eigenvalue weighted by Gasteiger charge is -2.17. The average Bonchev–Trinajstić information content (AvgIpc) is 3.55. The summed E-state index contributed by atoms with van der Waals surface area (Å²) in [5.41, 5.74) is 13.3. The average molecular weight is 648 g/mol. The van der Waals surface area contributed by atoms with Crippen LogP contribution in [0, 0.1) is 0 Å². The fourth-order valence-corrected chi connectivity index (χ4v) is 7.84. The minimum Gasteiger partial charge on any atom is -0.309 e. The highest BCUT2D eigenvalue weighted by atomic mass is 15.0. The van der Waals surface area contributed by atoms with Crippen LogP contribution in [0.5, 0.6) is 0 Å². The molecule has 0 aliphatic rings. The first-order valence-corrected chi connectivity index (χ1v) is 17.6. The third-order valence-corrected chi connectivity index (χ3v) is 10.4. The molecule has 51 heavy (non-hydrogen) atoms. The van der Waals surface area contributed by atoms with E-state index in [4.69, 9.17) is 0 Å². The van der Waals surface area contributed by atoms with Crippen molar-refractivity contribution in [2.24, 2.45) is 0 Å². The second-order valence-corrected chi connectivity index (χ2v) is 13.4.